The number of rotatable bonds is 4. The van der Waals surface area contributed by atoms with Crippen LogP contribution < -0.4 is 10.9 Å². The first-order valence-electron chi connectivity index (χ1n) is 7.41. The molecular weight excluding hydrogens is 378 g/mol. The molecule has 0 radical (unpaired) electrons. The van der Waals surface area contributed by atoms with Crippen LogP contribution in [0.4, 0.5) is 5.82 Å². The summed E-state index contributed by atoms with van der Waals surface area (Å²) in [5.41, 5.74) is 1.26. The summed E-state index contributed by atoms with van der Waals surface area (Å²) in [6, 6.07) is 7.65. The normalized spacial score (nSPS) is 16.8. The zero-order chi connectivity index (χ0) is 16.4. The molecule has 0 fully saturated rings. The van der Waals surface area contributed by atoms with Crippen molar-refractivity contribution in [3.05, 3.63) is 50.2 Å². The van der Waals surface area contributed by atoms with Crippen molar-refractivity contribution in [2.45, 2.75) is 30.8 Å². The fraction of sp³-hybridized carbons (Fsp3) is 0.312. The molecule has 2 N–H and O–H groups in total. The fourth-order valence-electron chi connectivity index (χ4n) is 2.64. The Morgan fingerprint density at radius 1 is 1.35 bits per heavy atom. The third-order valence-electron chi connectivity index (χ3n) is 3.65. The predicted octanol–water partition coefficient (Wildman–Crippen LogP) is 3.51. The topological polar surface area (TPSA) is 74.8 Å². The van der Waals surface area contributed by atoms with Crippen LogP contribution in [0.15, 0.2) is 38.7 Å². The van der Waals surface area contributed by atoms with Crippen LogP contribution in [0, 0.1) is 0 Å². The average molecular weight is 394 g/mol. The van der Waals surface area contributed by atoms with E-state index in [2.05, 4.69) is 38.1 Å². The van der Waals surface area contributed by atoms with Gasteiger partial charge in [-0.25, -0.2) is 4.98 Å². The molecule has 1 aromatic carbocycles. The first-order chi connectivity index (χ1) is 11.1. The quantitative estimate of drug-likeness (QED) is 0.615. The van der Waals surface area contributed by atoms with Gasteiger partial charge >= 0.3 is 0 Å². The lowest BCUT2D eigenvalue weighted by Crippen LogP contribution is -2.31. The van der Waals surface area contributed by atoms with E-state index < -0.39 is 0 Å². The van der Waals surface area contributed by atoms with Gasteiger partial charge in [-0.3, -0.25) is 9.59 Å². The van der Waals surface area contributed by atoms with Gasteiger partial charge in [0, 0.05) is 22.6 Å². The smallest absolute Gasteiger partial charge is 0.257 e. The number of fused-ring (bicyclic) bond motifs is 1. The highest BCUT2D eigenvalue weighted by Crippen LogP contribution is 2.37. The second-order valence-electron chi connectivity index (χ2n) is 5.31. The van der Waals surface area contributed by atoms with Crippen LogP contribution in [0.3, 0.4) is 0 Å². The summed E-state index contributed by atoms with van der Waals surface area (Å²) in [6.07, 6.45) is 1.22. The molecule has 0 saturated heterocycles. The Morgan fingerprint density at radius 3 is 2.87 bits per heavy atom. The molecule has 0 saturated carbocycles. The van der Waals surface area contributed by atoms with Crippen LogP contribution in [-0.2, 0) is 4.79 Å². The number of amides is 1. The highest BCUT2D eigenvalue weighted by Gasteiger charge is 2.31. The predicted molar refractivity (Wildman–Crippen MR) is 95.1 cm³/mol. The number of H-pyrrole nitrogens is 1. The minimum absolute atomic E-state index is 0.122. The van der Waals surface area contributed by atoms with Crippen molar-refractivity contribution in [1.82, 2.24) is 9.97 Å². The first-order valence-corrected chi connectivity index (χ1v) is 9.19. The van der Waals surface area contributed by atoms with Gasteiger partial charge in [-0.1, -0.05) is 52.8 Å². The number of hydrogen-bond acceptors (Lipinski definition) is 4. The van der Waals surface area contributed by atoms with Crippen LogP contribution in [0.5, 0.6) is 0 Å². The second-order valence-corrected chi connectivity index (χ2v) is 7.25. The van der Waals surface area contributed by atoms with Crippen LogP contribution in [0.2, 0.25) is 0 Å². The van der Waals surface area contributed by atoms with Crippen molar-refractivity contribution in [3.8, 4) is 0 Å². The molecule has 1 aliphatic rings. The van der Waals surface area contributed by atoms with Crippen LogP contribution in [-0.4, -0.2) is 21.6 Å². The Bertz CT molecular complexity index is 806. The van der Waals surface area contributed by atoms with Gasteiger partial charge in [0.05, 0.1) is 5.56 Å². The molecule has 23 heavy (non-hydrogen) atoms. The average Bonchev–Trinajstić information content (AvgIpc) is 2.52. The molecule has 1 unspecified atom stereocenters. The molecule has 0 spiro atoms. The van der Waals surface area contributed by atoms with E-state index in [1.807, 2.05) is 24.3 Å². The zero-order valence-corrected chi connectivity index (χ0v) is 15.0. The maximum Gasteiger partial charge on any atom is 0.257 e. The van der Waals surface area contributed by atoms with Crippen LogP contribution in [0.1, 0.15) is 36.8 Å². The number of anilines is 1. The summed E-state index contributed by atoms with van der Waals surface area (Å²) in [6.45, 7) is 2.06. The zero-order valence-electron chi connectivity index (χ0n) is 12.6. The fourth-order valence-corrected chi connectivity index (χ4v) is 3.92. The number of carbonyl (C=O) groups excluding carboxylic acids is 1. The Hall–Kier alpha value is -1.60. The standard InChI is InChI=1S/C16H16BrN3O2S/c1-2-7-23-16-19-14-13(15(22)20-16)10(8-12(21)18-14)9-5-3-4-6-11(9)17/h3-6,10H,2,7-8H2,1H3,(H2,18,19,20,21,22). The number of aromatic amines is 1. The van der Waals surface area contributed by atoms with E-state index in [4.69, 9.17) is 0 Å². The summed E-state index contributed by atoms with van der Waals surface area (Å²) in [4.78, 5) is 31.9. The summed E-state index contributed by atoms with van der Waals surface area (Å²) in [7, 11) is 0. The van der Waals surface area contributed by atoms with E-state index in [0.717, 1.165) is 22.2 Å². The molecule has 2 heterocycles. The minimum atomic E-state index is -0.296. The van der Waals surface area contributed by atoms with E-state index in [0.29, 0.717) is 16.5 Å². The van der Waals surface area contributed by atoms with Gasteiger partial charge in [0.25, 0.3) is 5.56 Å². The lowest BCUT2D eigenvalue weighted by atomic mass is 9.87. The Morgan fingerprint density at radius 2 is 2.13 bits per heavy atom. The van der Waals surface area contributed by atoms with Crippen LogP contribution >= 0.6 is 27.7 Å². The van der Waals surface area contributed by atoms with E-state index in [1.165, 1.54) is 11.8 Å². The number of benzene rings is 1. The van der Waals surface area contributed by atoms with Gasteiger partial charge in [-0.05, 0) is 18.1 Å². The maximum absolute atomic E-state index is 12.6. The third kappa shape index (κ3) is 3.35. The maximum atomic E-state index is 12.6. The summed E-state index contributed by atoms with van der Waals surface area (Å²) < 4.78 is 0.884. The van der Waals surface area contributed by atoms with Crippen molar-refractivity contribution in [2.75, 3.05) is 11.1 Å². The number of thioether (sulfide) groups is 1. The van der Waals surface area contributed by atoms with Gasteiger partial charge in [-0.15, -0.1) is 0 Å². The molecular formula is C16H16BrN3O2S. The summed E-state index contributed by atoms with van der Waals surface area (Å²) >= 11 is 4.99. The first kappa shape index (κ1) is 16.3. The Kier molecular flexibility index (Phi) is 4.87. The SMILES string of the molecule is CCCSc1nc2c(c(=O)[nH]1)C(c1ccccc1Br)CC(=O)N2. The molecule has 0 bridgehead atoms. The Balaban J connectivity index is 2.09. The molecule has 1 aromatic heterocycles. The molecule has 5 nitrogen and oxygen atoms in total. The van der Waals surface area contributed by atoms with E-state index in [9.17, 15) is 9.59 Å². The number of halogens is 1. The summed E-state index contributed by atoms with van der Waals surface area (Å²) in [5, 5.41) is 3.28. The van der Waals surface area contributed by atoms with Gasteiger partial charge in [0.2, 0.25) is 5.91 Å². The highest BCUT2D eigenvalue weighted by atomic mass is 79.9. The van der Waals surface area contributed by atoms with Crippen molar-refractivity contribution >= 4 is 39.4 Å². The van der Waals surface area contributed by atoms with Crippen molar-refractivity contribution in [3.63, 3.8) is 0 Å². The van der Waals surface area contributed by atoms with E-state index >= 15 is 0 Å². The number of hydrogen-bond donors (Lipinski definition) is 2. The second kappa shape index (κ2) is 6.88. The lowest BCUT2D eigenvalue weighted by Gasteiger charge is -2.25. The number of nitrogens with one attached hydrogen (secondary N) is 2. The molecule has 7 heteroatoms. The van der Waals surface area contributed by atoms with Crippen molar-refractivity contribution in [2.24, 2.45) is 0 Å². The monoisotopic (exact) mass is 393 g/mol. The minimum Gasteiger partial charge on any atom is -0.310 e. The molecule has 1 aliphatic heterocycles. The lowest BCUT2D eigenvalue weighted by molar-refractivity contribution is -0.116. The number of aromatic nitrogens is 2. The molecule has 0 aliphatic carbocycles. The van der Waals surface area contributed by atoms with E-state index in [1.54, 1.807) is 0 Å². The number of nitrogens with zero attached hydrogens (tertiary/aromatic N) is 1. The molecule has 120 valence electrons. The van der Waals surface area contributed by atoms with Gasteiger partial charge in [0.1, 0.15) is 5.82 Å². The van der Waals surface area contributed by atoms with Crippen molar-refractivity contribution in [1.29, 1.82) is 0 Å². The Labute approximate surface area is 146 Å². The largest absolute Gasteiger partial charge is 0.310 e. The van der Waals surface area contributed by atoms with Crippen molar-refractivity contribution < 1.29 is 4.79 Å². The van der Waals surface area contributed by atoms with Crippen LogP contribution in [0.25, 0.3) is 0 Å². The highest BCUT2D eigenvalue weighted by molar-refractivity contribution is 9.10. The summed E-state index contributed by atoms with van der Waals surface area (Å²) in [5.74, 6) is 0.825. The van der Waals surface area contributed by atoms with Gasteiger partial charge in [-0.2, -0.15) is 0 Å². The molecule has 1 amide bonds. The van der Waals surface area contributed by atoms with Gasteiger partial charge in [0.15, 0.2) is 5.16 Å². The molecule has 3 rings (SSSR count). The van der Waals surface area contributed by atoms with E-state index in [-0.39, 0.29) is 23.8 Å². The molecule has 1 atom stereocenters. The number of carbonyl (C=O) groups is 1. The molecule has 2 aromatic rings. The van der Waals surface area contributed by atoms with Gasteiger partial charge < -0.3 is 10.3 Å². The third-order valence-corrected chi connectivity index (χ3v) is 5.45.